The number of rotatable bonds is 7. The zero-order valence-corrected chi connectivity index (χ0v) is 16.0. The third kappa shape index (κ3) is 4.62. The van der Waals surface area contributed by atoms with Crippen molar-refractivity contribution in [1.82, 2.24) is 19.7 Å². The number of nitrogens with zero attached hydrogens (tertiary/aromatic N) is 5. The number of aromatic nitrogens is 3. The number of nitro groups is 1. The molecule has 0 fully saturated rings. The lowest BCUT2D eigenvalue weighted by Gasteiger charge is -2.25. The smallest absolute Gasteiger partial charge is 0.285 e. The normalized spacial score (nSPS) is 11.3. The maximum absolute atomic E-state index is 12.1. The van der Waals surface area contributed by atoms with Crippen molar-refractivity contribution >= 4 is 17.3 Å². The third-order valence-electron chi connectivity index (χ3n) is 4.14. The average molecular weight is 404 g/mol. The van der Waals surface area contributed by atoms with Gasteiger partial charge in [0.2, 0.25) is 11.8 Å². The second-order valence-corrected chi connectivity index (χ2v) is 6.88. The van der Waals surface area contributed by atoms with Gasteiger partial charge in [-0.25, -0.2) is 0 Å². The molecule has 0 aliphatic rings. The summed E-state index contributed by atoms with van der Waals surface area (Å²) in [6.45, 7) is 4.32. The Hall–Kier alpha value is -3.04. The molecule has 3 rings (SSSR count). The third-order valence-corrected chi connectivity index (χ3v) is 4.39. The summed E-state index contributed by atoms with van der Waals surface area (Å²) in [5.41, 5.74) is 0.268. The Bertz CT molecular complexity index is 1030. The zero-order chi connectivity index (χ0) is 20.3. The number of hydrogen-bond donors (Lipinski definition) is 0. The van der Waals surface area contributed by atoms with E-state index in [0.29, 0.717) is 16.8 Å². The standard InChI is InChI=1S/C18H18ClN5O4/c1-12(2)22(11-23-9-15(24(26)27)7-8-17(23)25)10-16-20-21-18(28-16)13-3-5-14(19)6-4-13/h3-9,12H,10-11H2,1-2H3. The van der Waals surface area contributed by atoms with Crippen molar-refractivity contribution in [3.63, 3.8) is 0 Å². The fourth-order valence-electron chi connectivity index (χ4n) is 2.53. The highest BCUT2D eigenvalue weighted by Gasteiger charge is 2.18. The summed E-state index contributed by atoms with van der Waals surface area (Å²) in [5.74, 6) is 0.736. The molecule has 1 aromatic carbocycles. The maximum Gasteiger partial charge on any atom is 0.285 e. The molecule has 9 nitrogen and oxygen atoms in total. The van der Waals surface area contributed by atoms with Gasteiger partial charge in [-0.15, -0.1) is 10.2 Å². The van der Waals surface area contributed by atoms with Gasteiger partial charge in [0.1, 0.15) is 0 Å². The van der Waals surface area contributed by atoms with Crippen molar-refractivity contribution in [2.75, 3.05) is 0 Å². The van der Waals surface area contributed by atoms with Crippen LogP contribution in [0.1, 0.15) is 19.7 Å². The van der Waals surface area contributed by atoms with Crippen molar-refractivity contribution in [3.05, 3.63) is 74.0 Å². The highest BCUT2D eigenvalue weighted by atomic mass is 35.5. The fourth-order valence-corrected chi connectivity index (χ4v) is 2.66. The van der Waals surface area contributed by atoms with E-state index in [9.17, 15) is 14.9 Å². The molecule has 2 heterocycles. The summed E-state index contributed by atoms with van der Waals surface area (Å²) in [4.78, 5) is 24.4. The topological polar surface area (TPSA) is 107 Å². The molecule has 3 aromatic rings. The molecule has 0 bridgehead atoms. The van der Waals surface area contributed by atoms with Crippen molar-refractivity contribution < 1.29 is 9.34 Å². The van der Waals surface area contributed by atoms with Crippen molar-refractivity contribution in [3.8, 4) is 11.5 Å². The van der Waals surface area contributed by atoms with E-state index in [1.807, 2.05) is 18.7 Å². The molecule has 146 valence electrons. The lowest BCUT2D eigenvalue weighted by molar-refractivity contribution is -0.385. The first kappa shape index (κ1) is 19.7. The summed E-state index contributed by atoms with van der Waals surface area (Å²) in [5, 5.41) is 19.7. The Morgan fingerprint density at radius 2 is 1.93 bits per heavy atom. The number of halogens is 1. The van der Waals surface area contributed by atoms with E-state index in [1.165, 1.54) is 22.9 Å². The van der Waals surface area contributed by atoms with Crippen LogP contribution in [0.25, 0.3) is 11.5 Å². The molecular formula is C18H18ClN5O4. The molecule has 0 saturated carbocycles. The number of pyridine rings is 1. The second kappa shape index (κ2) is 8.32. The van der Waals surface area contributed by atoms with Gasteiger partial charge < -0.3 is 4.42 Å². The van der Waals surface area contributed by atoms with Crippen LogP contribution >= 0.6 is 11.6 Å². The van der Waals surface area contributed by atoms with Crippen LogP contribution < -0.4 is 5.56 Å². The van der Waals surface area contributed by atoms with Crippen molar-refractivity contribution in [2.24, 2.45) is 0 Å². The Morgan fingerprint density at radius 3 is 2.57 bits per heavy atom. The monoisotopic (exact) mass is 403 g/mol. The first-order chi connectivity index (χ1) is 13.3. The Kier molecular flexibility index (Phi) is 5.86. The minimum atomic E-state index is -0.536. The molecule has 0 aliphatic heterocycles. The summed E-state index contributed by atoms with van der Waals surface area (Å²) in [6, 6.07) is 9.42. The predicted octanol–water partition coefficient (Wildman–Crippen LogP) is 3.33. The van der Waals surface area contributed by atoms with Crippen LogP contribution in [-0.2, 0) is 13.2 Å². The van der Waals surface area contributed by atoms with Crippen LogP contribution in [0.15, 0.2) is 51.8 Å². The maximum atomic E-state index is 12.1. The van der Waals surface area contributed by atoms with E-state index >= 15 is 0 Å². The first-order valence-electron chi connectivity index (χ1n) is 8.50. The Morgan fingerprint density at radius 1 is 1.21 bits per heavy atom. The molecule has 0 atom stereocenters. The van der Waals surface area contributed by atoms with Crippen molar-refractivity contribution in [2.45, 2.75) is 33.1 Å². The molecular weight excluding hydrogens is 386 g/mol. The van der Waals surface area contributed by atoms with Crippen LogP contribution in [0.3, 0.4) is 0 Å². The van der Waals surface area contributed by atoms with E-state index in [4.69, 9.17) is 16.0 Å². The van der Waals surface area contributed by atoms with Gasteiger partial charge in [0.15, 0.2) is 0 Å². The molecule has 2 aromatic heterocycles. The number of benzene rings is 1. The van der Waals surface area contributed by atoms with Gasteiger partial charge in [-0.3, -0.25) is 24.4 Å². The molecule has 0 unspecified atom stereocenters. The van der Waals surface area contributed by atoms with Crippen LogP contribution in [0.5, 0.6) is 0 Å². The molecule has 28 heavy (non-hydrogen) atoms. The molecule has 0 radical (unpaired) electrons. The average Bonchev–Trinajstić information content (AvgIpc) is 3.11. The largest absolute Gasteiger partial charge is 0.419 e. The molecule has 0 aliphatic carbocycles. The van der Waals surface area contributed by atoms with E-state index < -0.39 is 4.92 Å². The second-order valence-electron chi connectivity index (χ2n) is 6.44. The Balaban J connectivity index is 1.79. The van der Waals surface area contributed by atoms with E-state index in [-0.39, 0.29) is 30.5 Å². The van der Waals surface area contributed by atoms with Gasteiger partial charge in [-0.05, 0) is 38.1 Å². The van der Waals surface area contributed by atoms with Crippen LogP contribution in [0, 0.1) is 10.1 Å². The minimum Gasteiger partial charge on any atom is -0.419 e. The quantitative estimate of drug-likeness (QED) is 0.439. The predicted molar refractivity (Wildman–Crippen MR) is 103 cm³/mol. The lowest BCUT2D eigenvalue weighted by atomic mass is 10.2. The summed E-state index contributed by atoms with van der Waals surface area (Å²) in [7, 11) is 0. The van der Waals surface area contributed by atoms with Gasteiger partial charge in [0, 0.05) is 28.8 Å². The number of hydrogen-bond acceptors (Lipinski definition) is 7. The Labute approximate surface area is 165 Å². The van der Waals surface area contributed by atoms with E-state index in [1.54, 1.807) is 24.3 Å². The van der Waals surface area contributed by atoms with Gasteiger partial charge in [-0.1, -0.05) is 11.6 Å². The summed E-state index contributed by atoms with van der Waals surface area (Å²) in [6.07, 6.45) is 1.23. The highest BCUT2D eigenvalue weighted by molar-refractivity contribution is 6.30. The van der Waals surface area contributed by atoms with E-state index in [0.717, 1.165) is 5.56 Å². The molecule has 0 spiro atoms. The zero-order valence-electron chi connectivity index (χ0n) is 15.3. The summed E-state index contributed by atoms with van der Waals surface area (Å²) < 4.78 is 7.00. The van der Waals surface area contributed by atoms with Gasteiger partial charge in [-0.2, -0.15) is 0 Å². The SMILES string of the molecule is CC(C)N(Cc1nnc(-c2ccc(Cl)cc2)o1)Cn1cc([N+](=O)[O-])ccc1=O. The molecule has 0 N–H and O–H groups in total. The van der Waals surface area contributed by atoms with Crippen LogP contribution in [0.2, 0.25) is 5.02 Å². The first-order valence-corrected chi connectivity index (χ1v) is 8.88. The molecule has 0 saturated heterocycles. The van der Waals surface area contributed by atoms with Gasteiger partial charge >= 0.3 is 0 Å². The molecule has 0 amide bonds. The van der Waals surface area contributed by atoms with Gasteiger partial charge in [0.05, 0.1) is 24.3 Å². The summed E-state index contributed by atoms with van der Waals surface area (Å²) >= 11 is 5.89. The van der Waals surface area contributed by atoms with Crippen LogP contribution in [-0.4, -0.2) is 30.6 Å². The minimum absolute atomic E-state index is 0.0250. The van der Waals surface area contributed by atoms with Gasteiger partial charge in [0.25, 0.3) is 11.2 Å². The van der Waals surface area contributed by atoms with E-state index in [2.05, 4.69) is 10.2 Å². The van der Waals surface area contributed by atoms with Crippen LogP contribution in [0.4, 0.5) is 5.69 Å². The van der Waals surface area contributed by atoms with Crippen molar-refractivity contribution in [1.29, 1.82) is 0 Å². The lowest BCUT2D eigenvalue weighted by Crippen LogP contribution is -2.36. The fraction of sp³-hybridized carbons (Fsp3) is 0.278. The molecule has 10 heteroatoms. The highest BCUT2D eigenvalue weighted by Crippen LogP contribution is 2.21.